The van der Waals surface area contributed by atoms with Gasteiger partial charge in [-0.15, -0.1) is 0 Å². The average Bonchev–Trinajstić information content (AvgIpc) is 2.89. The Morgan fingerprint density at radius 3 is 3.20 bits per heavy atom. The zero-order valence-corrected chi connectivity index (χ0v) is 12.2. The van der Waals surface area contributed by atoms with Crippen LogP contribution in [0.4, 0.5) is 0 Å². The number of hydrogen-bond donors (Lipinski definition) is 0. The minimum absolute atomic E-state index is 0.374. The molecule has 1 fully saturated rings. The van der Waals surface area contributed by atoms with Crippen LogP contribution in [-0.4, -0.2) is 38.7 Å². The van der Waals surface area contributed by atoms with Crippen LogP contribution in [0.2, 0.25) is 0 Å². The van der Waals surface area contributed by atoms with Gasteiger partial charge >= 0.3 is 5.97 Å². The number of pyridine rings is 1. The highest BCUT2D eigenvalue weighted by Crippen LogP contribution is 2.27. The lowest BCUT2D eigenvalue weighted by Gasteiger charge is -2.19. The Balaban J connectivity index is 1.88. The summed E-state index contributed by atoms with van der Waals surface area (Å²) in [4.78, 5) is 16.2. The molecule has 1 unspecified atom stereocenters. The van der Waals surface area contributed by atoms with Crippen molar-refractivity contribution in [3.63, 3.8) is 0 Å². The van der Waals surface area contributed by atoms with Crippen LogP contribution in [0.3, 0.4) is 0 Å². The molecule has 3 rings (SSSR count). The molecule has 0 radical (unpaired) electrons. The van der Waals surface area contributed by atoms with Gasteiger partial charge in [-0.05, 0) is 30.7 Å². The van der Waals surface area contributed by atoms with Crippen molar-refractivity contribution in [2.75, 3.05) is 12.9 Å². The monoisotopic (exact) mass is 291 g/mol. The molecule has 0 saturated carbocycles. The molecule has 2 aromatic rings. The van der Waals surface area contributed by atoms with Crippen molar-refractivity contribution in [3.05, 3.63) is 29.7 Å². The van der Waals surface area contributed by atoms with Gasteiger partial charge in [0.2, 0.25) is 0 Å². The summed E-state index contributed by atoms with van der Waals surface area (Å²) in [6.07, 6.45) is 6.51. The summed E-state index contributed by atoms with van der Waals surface area (Å²) in [5.74, 6) is 1.66. The van der Waals surface area contributed by atoms with Gasteiger partial charge in [-0.3, -0.25) is 0 Å². The van der Waals surface area contributed by atoms with Gasteiger partial charge in [-0.25, -0.2) is 14.3 Å². The zero-order valence-electron chi connectivity index (χ0n) is 11.4. The van der Waals surface area contributed by atoms with Crippen molar-refractivity contribution >= 4 is 23.4 Å². The summed E-state index contributed by atoms with van der Waals surface area (Å²) in [6.45, 7) is 0. The second-order valence-electron chi connectivity index (χ2n) is 4.90. The van der Waals surface area contributed by atoms with Crippen molar-refractivity contribution < 1.29 is 9.53 Å². The number of nitrogens with zero attached hydrogens (tertiary/aromatic N) is 3. The SMILES string of the molecule is COC(=O)c1cccn2nc(CC3CCCCS3)nc12. The number of carbonyl (C=O) groups is 1. The fourth-order valence-corrected chi connectivity index (χ4v) is 3.78. The Bertz CT molecular complexity index is 620. The molecule has 0 aromatic carbocycles. The summed E-state index contributed by atoms with van der Waals surface area (Å²) in [5.41, 5.74) is 1.04. The molecule has 0 spiro atoms. The number of carbonyl (C=O) groups excluding carboxylic acids is 1. The fraction of sp³-hybridized carbons (Fsp3) is 0.500. The Labute approximate surface area is 121 Å². The quantitative estimate of drug-likeness (QED) is 0.812. The molecule has 0 N–H and O–H groups in total. The van der Waals surface area contributed by atoms with Gasteiger partial charge in [0, 0.05) is 17.9 Å². The summed E-state index contributed by atoms with van der Waals surface area (Å²) in [6, 6.07) is 3.50. The first-order valence-electron chi connectivity index (χ1n) is 6.82. The standard InChI is InChI=1S/C14H17N3O2S/c1-19-14(18)11-6-4-7-17-13(11)15-12(16-17)9-10-5-2-3-8-20-10/h4,6-7,10H,2-3,5,8-9H2,1H3. The van der Waals surface area contributed by atoms with E-state index in [1.54, 1.807) is 16.6 Å². The van der Waals surface area contributed by atoms with Crippen LogP contribution in [0.25, 0.3) is 5.65 Å². The summed E-state index contributed by atoms with van der Waals surface area (Å²) < 4.78 is 6.44. The molecule has 1 aliphatic heterocycles. The maximum Gasteiger partial charge on any atom is 0.341 e. The van der Waals surface area contributed by atoms with Gasteiger partial charge in [0.15, 0.2) is 11.5 Å². The van der Waals surface area contributed by atoms with E-state index in [1.165, 1.54) is 32.1 Å². The van der Waals surface area contributed by atoms with E-state index >= 15 is 0 Å². The molecular formula is C14H17N3O2S. The number of aromatic nitrogens is 3. The third-order valence-electron chi connectivity index (χ3n) is 3.50. The third-order valence-corrected chi connectivity index (χ3v) is 4.89. The number of esters is 1. The number of ether oxygens (including phenoxy) is 1. The normalized spacial score (nSPS) is 19.1. The highest BCUT2D eigenvalue weighted by molar-refractivity contribution is 7.99. The first kappa shape index (κ1) is 13.4. The van der Waals surface area contributed by atoms with E-state index in [1.807, 2.05) is 18.0 Å². The van der Waals surface area contributed by atoms with Crippen LogP contribution in [-0.2, 0) is 11.2 Å². The lowest BCUT2D eigenvalue weighted by molar-refractivity contribution is 0.0602. The van der Waals surface area contributed by atoms with E-state index in [9.17, 15) is 4.79 Å². The lowest BCUT2D eigenvalue weighted by Crippen LogP contribution is -2.13. The van der Waals surface area contributed by atoms with Crippen LogP contribution in [0, 0.1) is 0 Å². The molecular weight excluding hydrogens is 274 g/mol. The fourth-order valence-electron chi connectivity index (χ4n) is 2.48. The van der Waals surface area contributed by atoms with Gasteiger partial charge < -0.3 is 4.74 Å². The number of thioether (sulfide) groups is 1. The summed E-state index contributed by atoms with van der Waals surface area (Å²) >= 11 is 2.00. The highest BCUT2D eigenvalue weighted by atomic mass is 32.2. The molecule has 2 aromatic heterocycles. The second kappa shape index (κ2) is 5.83. The Hall–Kier alpha value is -1.56. The summed E-state index contributed by atoms with van der Waals surface area (Å²) in [5, 5.41) is 5.07. The molecule has 6 heteroatoms. The van der Waals surface area contributed by atoms with E-state index < -0.39 is 0 Å². The number of fused-ring (bicyclic) bond motifs is 1. The molecule has 3 heterocycles. The molecule has 5 nitrogen and oxygen atoms in total. The summed E-state index contributed by atoms with van der Waals surface area (Å²) in [7, 11) is 1.38. The molecule has 20 heavy (non-hydrogen) atoms. The Morgan fingerprint density at radius 2 is 2.45 bits per heavy atom. The van der Waals surface area contributed by atoms with Crippen LogP contribution in [0.5, 0.6) is 0 Å². The minimum atomic E-state index is -0.374. The van der Waals surface area contributed by atoms with Crippen LogP contribution in [0.1, 0.15) is 35.4 Å². The molecule has 0 amide bonds. The van der Waals surface area contributed by atoms with E-state index in [4.69, 9.17) is 4.74 Å². The lowest BCUT2D eigenvalue weighted by atomic mass is 10.1. The number of rotatable bonds is 3. The first-order valence-corrected chi connectivity index (χ1v) is 7.87. The molecule has 0 bridgehead atoms. The minimum Gasteiger partial charge on any atom is -0.465 e. The van der Waals surface area contributed by atoms with E-state index in [-0.39, 0.29) is 5.97 Å². The second-order valence-corrected chi connectivity index (χ2v) is 6.31. The van der Waals surface area contributed by atoms with Crippen molar-refractivity contribution in [3.8, 4) is 0 Å². The Kier molecular flexibility index (Phi) is 3.91. The molecule has 106 valence electrons. The van der Waals surface area contributed by atoms with Crippen LogP contribution in [0.15, 0.2) is 18.3 Å². The van der Waals surface area contributed by atoms with Crippen LogP contribution >= 0.6 is 11.8 Å². The smallest absolute Gasteiger partial charge is 0.341 e. The van der Waals surface area contributed by atoms with Crippen molar-refractivity contribution in [1.82, 2.24) is 14.6 Å². The molecule has 1 saturated heterocycles. The number of methoxy groups -OCH3 is 1. The number of hydrogen-bond acceptors (Lipinski definition) is 5. The largest absolute Gasteiger partial charge is 0.465 e. The third kappa shape index (κ3) is 2.65. The Morgan fingerprint density at radius 1 is 1.55 bits per heavy atom. The van der Waals surface area contributed by atoms with Gasteiger partial charge in [-0.1, -0.05) is 6.42 Å². The molecule has 1 aliphatic rings. The first-order chi connectivity index (χ1) is 9.78. The van der Waals surface area contributed by atoms with E-state index in [2.05, 4.69) is 10.1 Å². The van der Waals surface area contributed by atoms with Gasteiger partial charge in [0.25, 0.3) is 0 Å². The van der Waals surface area contributed by atoms with E-state index in [0.717, 1.165) is 12.2 Å². The maximum absolute atomic E-state index is 11.7. The zero-order chi connectivity index (χ0) is 13.9. The predicted molar refractivity (Wildman–Crippen MR) is 78.1 cm³/mol. The molecule has 0 aliphatic carbocycles. The van der Waals surface area contributed by atoms with Crippen LogP contribution < -0.4 is 0 Å². The van der Waals surface area contributed by atoms with Gasteiger partial charge in [0.05, 0.1) is 7.11 Å². The van der Waals surface area contributed by atoms with Gasteiger partial charge in [-0.2, -0.15) is 16.9 Å². The topological polar surface area (TPSA) is 56.5 Å². The van der Waals surface area contributed by atoms with E-state index in [0.29, 0.717) is 16.5 Å². The van der Waals surface area contributed by atoms with Gasteiger partial charge in [0.1, 0.15) is 5.56 Å². The van der Waals surface area contributed by atoms with Crippen molar-refractivity contribution in [2.24, 2.45) is 0 Å². The van der Waals surface area contributed by atoms with Crippen molar-refractivity contribution in [2.45, 2.75) is 30.9 Å². The predicted octanol–water partition coefficient (Wildman–Crippen LogP) is 2.34. The maximum atomic E-state index is 11.7. The average molecular weight is 291 g/mol. The molecule has 1 atom stereocenters. The highest BCUT2D eigenvalue weighted by Gasteiger charge is 2.19. The van der Waals surface area contributed by atoms with Crippen molar-refractivity contribution in [1.29, 1.82) is 0 Å².